The molecule has 2 aromatic rings. The van der Waals surface area contributed by atoms with Gasteiger partial charge in [-0.2, -0.15) is 4.98 Å². The standard InChI is InChI=1S/C14H17Cl2N3O2.ClH/c1-9(17-2)7-13-18-14(21-19-13)5-6-20-12-4-3-10(15)8-11(12)16;/h3-4,8-9,17H,5-7H2,1-2H3;1H. The molecule has 1 unspecified atom stereocenters. The molecule has 1 aromatic heterocycles. The molecule has 0 saturated carbocycles. The van der Waals surface area contributed by atoms with Crippen LogP contribution in [-0.4, -0.2) is 29.8 Å². The van der Waals surface area contributed by atoms with Crippen LogP contribution in [0.25, 0.3) is 0 Å². The molecule has 0 radical (unpaired) electrons. The second-order valence-corrected chi connectivity index (χ2v) is 5.52. The van der Waals surface area contributed by atoms with Crippen molar-refractivity contribution in [1.29, 1.82) is 0 Å². The van der Waals surface area contributed by atoms with Crippen molar-refractivity contribution in [2.75, 3.05) is 13.7 Å². The molecule has 122 valence electrons. The van der Waals surface area contributed by atoms with Crippen molar-refractivity contribution in [1.82, 2.24) is 15.5 Å². The van der Waals surface area contributed by atoms with Crippen LogP contribution in [0.3, 0.4) is 0 Å². The zero-order chi connectivity index (χ0) is 15.2. The molecular weight excluding hydrogens is 349 g/mol. The van der Waals surface area contributed by atoms with Crippen LogP contribution in [-0.2, 0) is 12.8 Å². The lowest BCUT2D eigenvalue weighted by Crippen LogP contribution is -2.24. The van der Waals surface area contributed by atoms with Gasteiger partial charge in [0.05, 0.1) is 18.1 Å². The Labute approximate surface area is 145 Å². The summed E-state index contributed by atoms with van der Waals surface area (Å²) < 4.78 is 10.8. The lowest BCUT2D eigenvalue weighted by atomic mass is 10.2. The third kappa shape index (κ3) is 5.65. The van der Waals surface area contributed by atoms with Crippen LogP contribution in [0.1, 0.15) is 18.6 Å². The molecule has 8 heteroatoms. The minimum atomic E-state index is 0. The van der Waals surface area contributed by atoms with E-state index in [9.17, 15) is 0 Å². The van der Waals surface area contributed by atoms with Crippen molar-refractivity contribution in [3.8, 4) is 5.75 Å². The summed E-state index contributed by atoms with van der Waals surface area (Å²) in [5, 5.41) is 8.12. The second-order valence-electron chi connectivity index (χ2n) is 4.67. The lowest BCUT2D eigenvalue weighted by Gasteiger charge is -2.06. The van der Waals surface area contributed by atoms with Crippen LogP contribution in [0.5, 0.6) is 5.75 Å². The first-order valence-electron chi connectivity index (χ1n) is 6.65. The fourth-order valence-corrected chi connectivity index (χ4v) is 2.15. The van der Waals surface area contributed by atoms with Gasteiger partial charge in [-0.25, -0.2) is 0 Å². The average molecular weight is 367 g/mol. The Morgan fingerprint density at radius 3 is 2.82 bits per heavy atom. The van der Waals surface area contributed by atoms with Gasteiger partial charge < -0.3 is 14.6 Å². The summed E-state index contributed by atoms with van der Waals surface area (Å²) in [6.07, 6.45) is 1.25. The number of nitrogens with one attached hydrogen (secondary N) is 1. The SMILES string of the molecule is CNC(C)Cc1noc(CCOc2ccc(Cl)cc2Cl)n1.Cl. The van der Waals surface area contributed by atoms with Crippen molar-refractivity contribution in [2.24, 2.45) is 0 Å². The molecule has 0 saturated heterocycles. The molecule has 0 aliphatic heterocycles. The molecule has 2 rings (SSSR count). The molecule has 0 amide bonds. The highest BCUT2D eigenvalue weighted by molar-refractivity contribution is 6.35. The molecule has 0 bridgehead atoms. The molecule has 0 aliphatic carbocycles. The van der Waals surface area contributed by atoms with Gasteiger partial charge >= 0.3 is 0 Å². The van der Waals surface area contributed by atoms with Crippen molar-refractivity contribution in [3.05, 3.63) is 40.0 Å². The molecule has 1 heterocycles. The number of likely N-dealkylation sites (N-methyl/N-ethyl adjacent to an activating group) is 1. The smallest absolute Gasteiger partial charge is 0.230 e. The molecule has 1 N–H and O–H groups in total. The van der Waals surface area contributed by atoms with E-state index in [-0.39, 0.29) is 12.4 Å². The highest BCUT2D eigenvalue weighted by Gasteiger charge is 2.10. The third-order valence-corrected chi connectivity index (χ3v) is 3.49. The number of halogens is 3. The fourth-order valence-electron chi connectivity index (χ4n) is 1.69. The van der Waals surface area contributed by atoms with E-state index in [1.165, 1.54) is 0 Å². The number of hydrogen-bond acceptors (Lipinski definition) is 5. The summed E-state index contributed by atoms with van der Waals surface area (Å²) in [6, 6.07) is 5.41. The Hall–Kier alpha value is -1.01. The summed E-state index contributed by atoms with van der Waals surface area (Å²) in [4.78, 5) is 4.31. The lowest BCUT2D eigenvalue weighted by molar-refractivity contribution is 0.292. The van der Waals surface area contributed by atoms with Crippen molar-refractivity contribution >= 4 is 35.6 Å². The van der Waals surface area contributed by atoms with E-state index >= 15 is 0 Å². The number of hydrogen-bond donors (Lipinski definition) is 1. The number of nitrogens with zero attached hydrogens (tertiary/aromatic N) is 2. The van der Waals surface area contributed by atoms with Gasteiger partial charge in [0.15, 0.2) is 5.82 Å². The van der Waals surface area contributed by atoms with Crippen LogP contribution in [0.2, 0.25) is 10.0 Å². The topological polar surface area (TPSA) is 60.2 Å². The number of rotatable bonds is 7. The Balaban J connectivity index is 0.00000242. The highest BCUT2D eigenvalue weighted by Crippen LogP contribution is 2.27. The molecule has 0 fully saturated rings. The molecular formula is C14H18Cl3N3O2. The van der Waals surface area contributed by atoms with E-state index in [2.05, 4.69) is 22.4 Å². The molecule has 1 atom stereocenters. The normalized spacial score (nSPS) is 11.8. The van der Waals surface area contributed by atoms with E-state index in [1.54, 1.807) is 18.2 Å². The van der Waals surface area contributed by atoms with Gasteiger partial charge in [0.25, 0.3) is 0 Å². The molecule has 22 heavy (non-hydrogen) atoms. The van der Waals surface area contributed by atoms with E-state index in [4.69, 9.17) is 32.5 Å². The van der Waals surface area contributed by atoms with Gasteiger partial charge in [0, 0.05) is 17.5 Å². The minimum Gasteiger partial charge on any atom is -0.491 e. The quantitative estimate of drug-likeness (QED) is 0.811. The first-order chi connectivity index (χ1) is 10.1. The Morgan fingerprint density at radius 1 is 1.36 bits per heavy atom. The maximum atomic E-state index is 6.02. The van der Waals surface area contributed by atoms with Crippen LogP contribution >= 0.6 is 35.6 Å². The number of benzene rings is 1. The van der Waals surface area contributed by atoms with Gasteiger partial charge in [-0.3, -0.25) is 0 Å². The van der Waals surface area contributed by atoms with E-state index in [0.717, 1.165) is 6.42 Å². The summed E-state index contributed by atoms with van der Waals surface area (Å²) >= 11 is 11.8. The predicted molar refractivity (Wildman–Crippen MR) is 89.4 cm³/mol. The number of aromatic nitrogens is 2. The third-order valence-electron chi connectivity index (χ3n) is 2.96. The van der Waals surface area contributed by atoms with E-state index in [0.29, 0.717) is 46.6 Å². The Bertz CT molecular complexity index is 592. The summed E-state index contributed by atoms with van der Waals surface area (Å²) in [5.41, 5.74) is 0. The molecule has 0 spiro atoms. The largest absolute Gasteiger partial charge is 0.491 e. The Kier molecular flexibility index (Phi) is 7.96. The van der Waals surface area contributed by atoms with Crippen LogP contribution in [0, 0.1) is 0 Å². The van der Waals surface area contributed by atoms with E-state index < -0.39 is 0 Å². The summed E-state index contributed by atoms with van der Waals surface area (Å²) in [6.45, 7) is 2.46. The van der Waals surface area contributed by atoms with Gasteiger partial charge in [-0.05, 0) is 32.2 Å². The number of ether oxygens (including phenoxy) is 1. The zero-order valence-electron chi connectivity index (χ0n) is 12.3. The first kappa shape index (κ1) is 19.0. The van der Waals surface area contributed by atoms with Crippen LogP contribution in [0.4, 0.5) is 0 Å². The van der Waals surface area contributed by atoms with Gasteiger partial charge in [0.2, 0.25) is 5.89 Å². The first-order valence-corrected chi connectivity index (χ1v) is 7.40. The Morgan fingerprint density at radius 2 is 2.14 bits per heavy atom. The van der Waals surface area contributed by atoms with Crippen molar-refractivity contribution in [2.45, 2.75) is 25.8 Å². The van der Waals surface area contributed by atoms with Gasteiger partial charge in [0.1, 0.15) is 5.75 Å². The monoisotopic (exact) mass is 365 g/mol. The minimum absolute atomic E-state index is 0. The average Bonchev–Trinajstić information content (AvgIpc) is 2.88. The zero-order valence-corrected chi connectivity index (χ0v) is 14.6. The van der Waals surface area contributed by atoms with Gasteiger partial charge in [-0.15, -0.1) is 12.4 Å². The maximum Gasteiger partial charge on any atom is 0.230 e. The van der Waals surface area contributed by atoms with Crippen LogP contribution < -0.4 is 10.1 Å². The summed E-state index contributed by atoms with van der Waals surface area (Å²) in [5.74, 6) is 1.83. The highest BCUT2D eigenvalue weighted by atomic mass is 35.5. The molecule has 0 aliphatic rings. The van der Waals surface area contributed by atoms with E-state index in [1.807, 2.05) is 7.05 Å². The molecule has 5 nitrogen and oxygen atoms in total. The van der Waals surface area contributed by atoms with Gasteiger partial charge in [-0.1, -0.05) is 28.4 Å². The maximum absolute atomic E-state index is 6.02. The van der Waals surface area contributed by atoms with Crippen molar-refractivity contribution in [3.63, 3.8) is 0 Å². The van der Waals surface area contributed by atoms with Crippen molar-refractivity contribution < 1.29 is 9.26 Å². The second kappa shape index (κ2) is 9.20. The van der Waals surface area contributed by atoms with Crippen LogP contribution in [0.15, 0.2) is 22.7 Å². The fraction of sp³-hybridized carbons (Fsp3) is 0.429. The predicted octanol–water partition coefficient (Wildman–Crippen LogP) is 3.57. The summed E-state index contributed by atoms with van der Waals surface area (Å²) in [7, 11) is 1.90. The molecule has 1 aromatic carbocycles.